The fraction of sp³-hybridized carbons (Fsp3) is 0.100. The van der Waals surface area contributed by atoms with Crippen molar-refractivity contribution in [3.63, 3.8) is 0 Å². The molecule has 2 heterocycles. The Balaban J connectivity index is 1.33. The second-order valence-corrected chi connectivity index (χ2v) is 8.79. The van der Waals surface area contributed by atoms with Gasteiger partial charge >= 0.3 is 0 Å². The average molecular weight is 509 g/mol. The molecule has 184 valence electrons. The van der Waals surface area contributed by atoms with Gasteiger partial charge < -0.3 is 9.47 Å². The van der Waals surface area contributed by atoms with E-state index in [1.54, 1.807) is 13.3 Å². The van der Waals surface area contributed by atoms with Gasteiger partial charge in [0.1, 0.15) is 12.4 Å². The topological polar surface area (TPSA) is 54.7 Å². The SMILES string of the molecule is COc1ccc(COCC#Cc2cn(OOSc3ccccc3)c3ncc(-c4ccccc4)cc23)cc1. The van der Waals surface area contributed by atoms with Crippen molar-refractivity contribution in [2.45, 2.75) is 11.5 Å². The molecular weight excluding hydrogens is 484 g/mol. The highest BCUT2D eigenvalue weighted by Crippen LogP contribution is 2.26. The summed E-state index contributed by atoms with van der Waals surface area (Å²) in [6, 6.07) is 29.6. The van der Waals surface area contributed by atoms with Gasteiger partial charge in [0.05, 0.1) is 37.5 Å². The number of hydrogen-bond donors (Lipinski definition) is 0. The fourth-order valence-electron chi connectivity index (χ4n) is 3.66. The predicted molar refractivity (Wildman–Crippen MR) is 145 cm³/mol. The molecule has 0 radical (unpaired) electrons. The molecule has 0 N–H and O–H groups in total. The van der Waals surface area contributed by atoms with Crippen molar-refractivity contribution in [2.75, 3.05) is 13.7 Å². The van der Waals surface area contributed by atoms with E-state index in [9.17, 15) is 0 Å². The van der Waals surface area contributed by atoms with E-state index in [-0.39, 0.29) is 6.61 Å². The van der Waals surface area contributed by atoms with Gasteiger partial charge in [-0.1, -0.05) is 76.8 Å². The van der Waals surface area contributed by atoms with Gasteiger partial charge in [0.25, 0.3) is 0 Å². The highest BCUT2D eigenvalue weighted by Gasteiger charge is 2.12. The van der Waals surface area contributed by atoms with E-state index >= 15 is 0 Å². The highest BCUT2D eigenvalue weighted by molar-refractivity contribution is 7.94. The normalized spacial score (nSPS) is 10.6. The number of pyridine rings is 1. The Morgan fingerprint density at radius 1 is 0.892 bits per heavy atom. The molecule has 0 saturated heterocycles. The standard InChI is InChI=1S/C30H24N2O4S/c1-33-27-16-14-23(15-17-27)22-34-18-8-11-25-21-32(35-36-37-28-12-6-3-7-13-28)30-29(25)19-26(20-31-30)24-9-4-2-5-10-24/h2-7,9-10,12-17,19-21H,18,22H2,1H3. The van der Waals surface area contributed by atoms with E-state index in [0.29, 0.717) is 12.3 Å². The van der Waals surface area contributed by atoms with Gasteiger partial charge in [-0.3, -0.25) is 0 Å². The predicted octanol–water partition coefficient (Wildman–Crippen LogP) is 6.35. The zero-order chi connectivity index (χ0) is 25.3. The van der Waals surface area contributed by atoms with Crippen molar-refractivity contribution in [1.29, 1.82) is 0 Å². The third-order valence-corrected chi connectivity index (χ3v) is 6.12. The first-order valence-corrected chi connectivity index (χ1v) is 12.4. The molecule has 0 aliphatic heterocycles. The van der Waals surface area contributed by atoms with Gasteiger partial charge in [0.2, 0.25) is 0 Å². The minimum Gasteiger partial charge on any atom is -0.497 e. The van der Waals surface area contributed by atoms with Crippen LogP contribution in [0, 0.1) is 11.8 Å². The number of ether oxygens (including phenoxy) is 2. The van der Waals surface area contributed by atoms with Crippen molar-refractivity contribution in [3.05, 3.63) is 115 Å². The molecule has 2 aromatic heterocycles. The minimum atomic E-state index is 0.283. The number of aromatic nitrogens is 2. The lowest BCUT2D eigenvalue weighted by Crippen LogP contribution is -2.07. The monoisotopic (exact) mass is 508 g/mol. The van der Waals surface area contributed by atoms with E-state index < -0.39 is 0 Å². The van der Waals surface area contributed by atoms with Crippen molar-refractivity contribution in [3.8, 4) is 28.7 Å². The maximum absolute atomic E-state index is 5.74. The van der Waals surface area contributed by atoms with E-state index in [1.807, 2.05) is 91.1 Å². The number of hydrogen-bond acceptors (Lipinski definition) is 6. The van der Waals surface area contributed by atoms with Gasteiger partial charge in [0, 0.05) is 22.0 Å². The van der Waals surface area contributed by atoms with Crippen molar-refractivity contribution < 1.29 is 18.8 Å². The molecule has 0 spiro atoms. The summed E-state index contributed by atoms with van der Waals surface area (Å²) in [5, 5.41) is 0.859. The van der Waals surface area contributed by atoms with Crippen LogP contribution in [0.5, 0.6) is 5.75 Å². The van der Waals surface area contributed by atoms with E-state index in [0.717, 1.165) is 50.3 Å². The van der Waals surface area contributed by atoms with Crippen LogP contribution in [0.2, 0.25) is 0 Å². The summed E-state index contributed by atoms with van der Waals surface area (Å²) in [4.78, 5) is 11.1. The quantitative estimate of drug-likeness (QED) is 0.0761. The number of nitrogens with zero attached hydrogens (tertiary/aromatic N) is 2. The highest BCUT2D eigenvalue weighted by atomic mass is 32.2. The Kier molecular flexibility index (Phi) is 8.04. The van der Waals surface area contributed by atoms with Crippen LogP contribution in [0.25, 0.3) is 22.2 Å². The molecule has 7 heteroatoms. The van der Waals surface area contributed by atoms with E-state index in [1.165, 1.54) is 4.73 Å². The van der Waals surface area contributed by atoms with Gasteiger partial charge in [-0.05, 0) is 41.5 Å². The molecule has 0 bridgehead atoms. The summed E-state index contributed by atoms with van der Waals surface area (Å²) in [5.41, 5.74) is 4.49. The molecule has 0 aliphatic rings. The molecule has 3 aromatic carbocycles. The van der Waals surface area contributed by atoms with Crippen LogP contribution < -0.4 is 9.73 Å². The lowest BCUT2D eigenvalue weighted by molar-refractivity contribution is -0.188. The van der Waals surface area contributed by atoms with Crippen LogP contribution >= 0.6 is 12.0 Å². The van der Waals surface area contributed by atoms with Gasteiger partial charge in [0.15, 0.2) is 5.65 Å². The van der Waals surface area contributed by atoms with Crippen molar-refractivity contribution in [1.82, 2.24) is 9.71 Å². The minimum absolute atomic E-state index is 0.283. The average Bonchev–Trinajstić information content (AvgIpc) is 3.31. The van der Waals surface area contributed by atoms with Crippen LogP contribution in [-0.2, 0) is 15.7 Å². The maximum atomic E-state index is 5.74. The summed E-state index contributed by atoms with van der Waals surface area (Å²) < 4.78 is 17.8. The van der Waals surface area contributed by atoms with Gasteiger partial charge in [-0.15, -0.1) is 4.73 Å². The molecule has 0 unspecified atom stereocenters. The Bertz CT molecular complexity index is 1510. The number of benzene rings is 3. The number of fused-ring (bicyclic) bond motifs is 1. The number of rotatable bonds is 9. The summed E-state index contributed by atoms with van der Waals surface area (Å²) in [6.07, 6.45) is 3.59. The Morgan fingerprint density at radius 2 is 1.65 bits per heavy atom. The molecule has 0 fully saturated rings. The molecule has 0 aliphatic carbocycles. The summed E-state index contributed by atoms with van der Waals surface area (Å²) in [6.45, 7) is 0.750. The first kappa shape index (κ1) is 24.5. The van der Waals surface area contributed by atoms with Crippen LogP contribution in [0.4, 0.5) is 0 Å². The fourth-order valence-corrected chi connectivity index (χ4v) is 4.10. The summed E-state index contributed by atoms with van der Waals surface area (Å²) in [7, 11) is 1.65. The van der Waals surface area contributed by atoms with Crippen molar-refractivity contribution >= 4 is 23.1 Å². The lowest BCUT2D eigenvalue weighted by Gasteiger charge is -2.05. The second-order valence-electron chi connectivity index (χ2n) is 8.01. The van der Waals surface area contributed by atoms with Gasteiger partial charge in [-0.25, -0.2) is 9.97 Å². The molecule has 5 rings (SSSR count). The smallest absolute Gasteiger partial charge is 0.180 e. The number of methoxy groups -OCH3 is 1. The molecular formula is C30H24N2O4S. The zero-order valence-electron chi connectivity index (χ0n) is 20.2. The van der Waals surface area contributed by atoms with Crippen LogP contribution in [0.1, 0.15) is 11.1 Å². The molecule has 0 amide bonds. The third kappa shape index (κ3) is 6.32. The van der Waals surface area contributed by atoms with Crippen molar-refractivity contribution in [2.24, 2.45) is 0 Å². The maximum Gasteiger partial charge on any atom is 0.180 e. The molecule has 0 saturated carbocycles. The summed E-state index contributed by atoms with van der Waals surface area (Å²) in [5.74, 6) is 7.12. The molecule has 0 atom stereocenters. The van der Waals surface area contributed by atoms with Crippen LogP contribution in [-0.4, -0.2) is 23.4 Å². The van der Waals surface area contributed by atoms with E-state index in [4.69, 9.17) is 18.8 Å². The first-order chi connectivity index (χ1) is 18.3. The van der Waals surface area contributed by atoms with Gasteiger partial charge in [-0.2, -0.15) is 0 Å². The Morgan fingerprint density at radius 3 is 2.41 bits per heavy atom. The molecule has 5 aromatic rings. The Hall–Kier alpha value is -4.22. The zero-order valence-corrected chi connectivity index (χ0v) is 21.0. The third-order valence-electron chi connectivity index (χ3n) is 5.53. The lowest BCUT2D eigenvalue weighted by atomic mass is 10.1. The Labute approximate surface area is 219 Å². The second kappa shape index (κ2) is 12.2. The van der Waals surface area contributed by atoms with Crippen LogP contribution in [0.15, 0.2) is 108 Å². The largest absolute Gasteiger partial charge is 0.497 e. The molecule has 6 nitrogen and oxygen atoms in total. The first-order valence-electron chi connectivity index (χ1n) is 11.6. The van der Waals surface area contributed by atoms with Crippen LogP contribution in [0.3, 0.4) is 0 Å². The summed E-state index contributed by atoms with van der Waals surface area (Å²) >= 11 is 1.12. The molecule has 37 heavy (non-hydrogen) atoms. The van der Waals surface area contributed by atoms with E-state index in [2.05, 4.69) is 22.9 Å².